The summed E-state index contributed by atoms with van der Waals surface area (Å²) in [7, 11) is 0. The van der Waals surface area contributed by atoms with Crippen molar-refractivity contribution in [2.45, 2.75) is 37.4 Å². The molecule has 0 heterocycles. The number of allylic oxidation sites excluding steroid dienone is 1. The van der Waals surface area contributed by atoms with Gasteiger partial charge in [0.25, 0.3) is 0 Å². The molecule has 120 valence electrons. The Labute approximate surface area is 104 Å². The lowest BCUT2D eigenvalue weighted by molar-refractivity contribution is -0.428. The van der Waals surface area contributed by atoms with Gasteiger partial charge in [-0.1, -0.05) is 0 Å². The molecule has 1 atom stereocenters. The van der Waals surface area contributed by atoms with E-state index in [2.05, 4.69) is 4.74 Å². The molecule has 0 N–H and O–H groups in total. The molecule has 0 aromatic heterocycles. The van der Waals surface area contributed by atoms with Gasteiger partial charge in [-0.05, 0) is 13.0 Å². The van der Waals surface area contributed by atoms with E-state index in [0.29, 0.717) is 0 Å². The van der Waals surface area contributed by atoms with Crippen LogP contribution in [0, 0.1) is 0 Å². The summed E-state index contributed by atoms with van der Waals surface area (Å²) in [6, 6.07) is 0. The van der Waals surface area contributed by atoms with Crippen LogP contribution in [0.25, 0.3) is 0 Å². The zero-order valence-corrected chi connectivity index (χ0v) is 9.22. The van der Waals surface area contributed by atoms with Gasteiger partial charge in [0.15, 0.2) is 0 Å². The van der Waals surface area contributed by atoms with Gasteiger partial charge >= 0.3 is 24.4 Å². The van der Waals surface area contributed by atoms with Crippen LogP contribution in [0.4, 0.5) is 48.3 Å². The van der Waals surface area contributed by atoms with Gasteiger partial charge in [0.05, 0.1) is 6.10 Å². The van der Waals surface area contributed by atoms with E-state index in [9.17, 15) is 48.3 Å². The molecule has 0 aromatic carbocycles. The molecule has 1 unspecified atom stereocenters. The number of halogens is 11. The van der Waals surface area contributed by atoms with Gasteiger partial charge < -0.3 is 4.74 Å². The van der Waals surface area contributed by atoms with Crippen molar-refractivity contribution in [3.8, 4) is 0 Å². The van der Waals surface area contributed by atoms with E-state index in [0.717, 1.165) is 0 Å². The number of rotatable bonds is 4. The van der Waals surface area contributed by atoms with Crippen molar-refractivity contribution in [1.29, 1.82) is 0 Å². The second kappa shape index (κ2) is 5.37. The summed E-state index contributed by atoms with van der Waals surface area (Å²) in [4.78, 5) is 0. The molecule has 20 heavy (non-hydrogen) atoms. The number of ether oxygens (including phenoxy) is 1. The second-order valence-electron chi connectivity index (χ2n) is 3.42. The highest BCUT2D eigenvalue weighted by molar-refractivity contribution is 5.02. The van der Waals surface area contributed by atoms with Crippen LogP contribution in [0.3, 0.4) is 0 Å². The van der Waals surface area contributed by atoms with E-state index >= 15 is 0 Å². The molecule has 0 radical (unpaired) electrons. The van der Waals surface area contributed by atoms with Gasteiger partial charge in [-0.15, -0.1) is 0 Å². The van der Waals surface area contributed by atoms with Crippen LogP contribution in [0.15, 0.2) is 11.9 Å². The molecule has 0 fully saturated rings. The molecule has 12 heteroatoms. The molecule has 0 aliphatic rings. The van der Waals surface area contributed by atoms with Crippen molar-refractivity contribution < 1.29 is 53.0 Å². The maximum Gasteiger partial charge on any atom is 0.462 e. The molecule has 0 saturated heterocycles. The summed E-state index contributed by atoms with van der Waals surface area (Å²) in [5.74, 6) is -9.63. The molecule has 0 amide bonds. The SMILES string of the molecule is CC(C=C(F)C(F)(F)F)OC(F)(F)C(F)(F)C(F)(F)F. The fraction of sp³-hybridized carbons (Fsp3) is 0.750. The van der Waals surface area contributed by atoms with Crippen LogP contribution in [-0.2, 0) is 4.74 Å². The zero-order chi connectivity index (χ0) is 16.6. The summed E-state index contributed by atoms with van der Waals surface area (Å²) in [5.41, 5.74) is 0. The Bertz CT molecular complexity index is 364. The first kappa shape index (κ1) is 18.9. The van der Waals surface area contributed by atoms with Gasteiger partial charge in [0, 0.05) is 0 Å². The second-order valence-corrected chi connectivity index (χ2v) is 3.42. The van der Waals surface area contributed by atoms with Crippen molar-refractivity contribution >= 4 is 0 Å². The minimum atomic E-state index is -6.71. The van der Waals surface area contributed by atoms with E-state index in [1.54, 1.807) is 0 Å². The first-order valence-corrected chi connectivity index (χ1v) is 4.47. The molecular formula is C8H5F11O. The lowest BCUT2D eigenvalue weighted by Gasteiger charge is -2.29. The van der Waals surface area contributed by atoms with E-state index < -0.39 is 42.4 Å². The Morgan fingerprint density at radius 1 is 0.900 bits per heavy atom. The maximum absolute atomic E-state index is 12.6. The van der Waals surface area contributed by atoms with E-state index in [1.807, 2.05) is 0 Å². The molecule has 0 aromatic rings. The number of hydrogen-bond donors (Lipinski definition) is 0. The van der Waals surface area contributed by atoms with Gasteiger partial charge in [0.2, 0.25) is 5.83 Å². The molecule has 1 nitrogen and oxygen atoms in total. The minimum absolute atomic E-state index is 0.228. The highest BCUT2D eigenvalue weighted by Crippen LogP contribution is 2.47. The molecule has 0 rings (SSSR count). The van der Waals surface area contributed by atoms with Crippen molar-refractivity contribution in [2.75, 3.05) is 0 Å². The van der Waals surface area contributed by atoms with Gasteiger partial charge in [-0.3, -0.25) is 0 Å². The van der Waals surface area contributed by atoms with Crippen molar-refractivity contribution in [3.05, 3.63) is 11.9 Å². The normalized spacial score (nSPS) is 17.3. The summed E-state index contributed by atoms with van der Waals surface area (Å²) in [6.45, 7) is 0.228. The van der Waals surface area contributed by atoms with E-state index in [4.69, 9.17) is 0 Å². The largest absolute Gasteiger partial charge is 0.462 e. The summed E-state index contributed by atoms with van der Waals surface area (Å²) in [5, 5.41) is 0. The third-order valence-electron chi connectivity index (χ3n) is 1.71. The lowest BCUT2D eigenvalue weighted by Crippen LogP contribution is -2.54. The fourth-order valence-electron chi connectivity index (χ4n) is 0.807. The molecule has 0 saturated carbocycles. The lowest BCUT2D eigenvalue weighted by atomic mass is 10.3. The van der Waals surface area contributed by atoms with Crippen LogP contribution >= 0.6 is 0 Å². The topological polar surface area (TPSA) is 9.23 Å². The van der Waals surface area contributed by atoms with Gasteiger partial charge in [-0.2, -0.15) is 43.9 Å². The van der Waals surface area contributed by atoms with Crippen molar-refractivity contribution in [3.63, 3.8) is 0 Å². The predicted octanol–water partition coefficient (Wildman–Crippen LogP) is 4.60. The van der Waals surface area contributed by atoms with E-state index in [1.165, 1.54) is 0 Å². The molecule has 0 bridgehead atoms. The van der Waals surface area contributed by atoms with Crippen LogP contribution < -0.4 is 0 Å². The first-order chi connectivity index (χ1) is 8.52. The molecular weight excluding hydrogens is 321 g/mol. The van der Waals surface area contributed by atoms with Crippen LogP contribution in [0.2, 0.25) is 0 Å². The minimum Gasteiger partial charge on any atom is -0.308 e. The summed E-state index contributed by atoms with van der Waals surface area (Å²) >= 11 is 0. The Morgan fingerprint density at radius 3 is 1.60 bits per heavy atom. The standard InChI is InChI=1S/C8H5F11O/c1-3(2-4(9)5(10,11)12)20-8(18,19)6(13,14)7(15,16)17/h2-3H,1H3. The highest BCUT2D eigenvalue weighted by atomic mass is 19.4. The van der Waals surface area contributed by atoms with Gasteiger partial charge in [0.1, 0.15) is 0 Å². The van der Waals surface area contributed by atoms with Crippen LogP contribution in [0.1, 0.15) is 6.92 Å². The first-order valence-electron chi connectivity index (χ1n) is 4.47. The van der Waals surface area contributed by atoms with E-state index in [-0.39, 0.29) is 6.92 Å². The maximum atomic E-state index is 12.6. The zero-order valence-electron chi connectivity index (χ0n) is 9.22. The molecule has 0 aliphatic carbocycles. The highest BCUT2D eigenvalue weighted by Gasteiger charge is 2.74. The molecule has 0 aliphatic heterocycles. The average molecular weight is 326 g/mol. The third kappa shape index (κ3) is 4.21. The third-order valence-corrected chi connectivity index (χ3v) is 1.71. The Hall–Kier alpha value is -1.07. The van der Waals surface area contributed by atoms with Gasteiger partial charge in [-0.25, -0.2) is 4.39 Å². The van der Waals surface area contributed by atoms with Crippen LogP contribution in [-0.4, -0.2) is 30.5 Å². The van der Waals surface area contributed by atoms with Crippen molar-refractivity contribution in [2.24, 2.45) is 0 Å². The summed E-state index contributed by atoms with van der Waals surface area (Å²) < 4.78 is 135. The monoisotopic (exact) mass is 326 g/mol. The van der Waals surface area contributed by atoms with Crippen LogP contribution in [0.5, 0.6) is 0 Å². The predicted molar refractivity (Wildman–Crippen MR) is 41.7 cm³/mol. The Morgan fingerprint density at radius 2 is 1.30 bits per heavy atom. The number of alkyl halides is 10. The Kier molecular flexibility index (Phi) is 5.08. The Balaban J connectivity index is 5.13. The number of hydrogen-bond acceptors (Lipinski definition) is 1. The average Bonchev–Trinajstić information content (AvgIpc) is 2.12. The molecule has 0 spiro atoms. The van der Waals surface area contributed by atoms with Crippen molar-refractivity contribution in [1.82, 2.24) is 0 Å². The summed E-state index contributed by atoms with van der Waals surface area (Å²) in [6.07, 6.45) is -21.9. The quantitative estimate of drug-likeness (QED) is 0.686. The fourth-order valence-corrected chi connectivity index (χ4v) is 0.807. The smallest absolute Gasteiger partial charge is 0.308 e.